The van der Waals surface area contributed by atoms with Crippen molar-refractivity contribution >= 4 is 93.0 Å². The molecule has 8 heterocycles. The van der Waals surface area contributed by atoms with E-state index in [1.165, 1.54) is 97.6 Å². The average Bonchev–Trinajstić information content (AvgIpc) is 1.36. The van der Waals surface area contributed by atoms with Gasteiger partial charge >= 0.3 is 6.03 Å². The molecule has 1 saturated carbocycles. The first-order chi connectivity index (χ1) is 66.3. The molecule has 1 aromatic heterocycles. The number of hydrogen-bond acceptors (Lipinski definition) is 18. The number of rotatable bonds is 27. The highest BCUT2D eigenvalue weighted by atomic mass is 32.2. The van der Waals surface area contributed by atoms with E-state index in [1.54, 1.807) is 7.05 Å². The Balaban J connectivity index is 0.000000173. The van der Waals surface area contributed by atoms with Crippen LogP contribution < -0.4 is 54.4 Å². The summed E-state index contributed by atoms with van der Waals surface area (Å²) < 4.78 is 82.2. The number of nitrogens with zero attached hydrogens (tertiary/aromatic N) is 12. The van der Waals surface area contributed by atoms with Crippen molar-refractivity contribution in [1.29, 1.82) is 0 Å². The van der Waals surface area contributed by atoms with Crippen molar-refractivity contribution in [1.82, 2.24) is 34.2 Å². The molecule has 4 N–H and O–H groups in total. The number of anilines is 9. The predicted molar refractivity (Wildman–Crippen MR) is 592 cm³/mol. The molecule has 0 spiro atoms. The molecule has 0 unspecified atom stereocenters. The molecule has 6 aromatic carbocycles. The molecule has 27 heteroatoms. The first kappa shape index (κ1) is 114. The Morgan fingerprint density at radius 2 is 0.671 bits per heavy atom. The number of sulfonamides is 2. The Morgan fingerprint density at radius 3 is 1.01 bits per heavy atom. The van der Waals surface area contributed by atoms with Crippen LogP contribution >= 0.6 is 0 Å². The number of aromatic nitrogens is 1. The van der Waals surface area contributed by atoms with Crippen LogP contribution in [0.1, 0.15) is 294 Å². The Hall–Kier alpha value is -8.41. The van der Waals surface area contributed by atoms with E-state index in [2.05, 4.69) is 330 Å². The molecule has 7 aliphatic heterocycles. The second-order valence-electron chi connectivity index (χ2n) is 43.5. The minimum Gasteiger partial charge on any atom is -0.370 e. The van der Waals surface area contributed by atoms with Crippen LogP contribution in [0.15, 0.2) is 144 Å². The minimum atomic E-state index is -3.49. The third-order valence-corrected chi connectivity index (χ3v) is 33.9. The Morgan fingerprint density at radius 1 is 0.364 bits per heavy atom. The number of carbonyl (C=O) groups excluding carboxylic acids is 2. The summed E-state index contributed by atoms with van der Waals surface area (Å²) >= 11 is 0. The van der Waals surface area contributed by atoms with Gasteiger partial charge in [0, 0.05) is 147 Å². The summed E-state index contributed by atoms with van der Waals surface area (Å²) in [7, 11) is 8.85. The van der Waals surface area contributed by atoms with Crippen LogP contribution in [0.4, 0.5) is 56.0 Å². The lowest BCUT2D eigenvalue weighted by Gasteiger charge is -2.38. The number of piperidine rings is 6. The lowest BCUT2D eigenvalue weighted by atomic mass is 9.93. The molecule has 778 valence electrons. The van der Waals surface area contributed by atoms with Gasteiger partial charge < -0.3 is 69.1 Å². The molecule has 8 aliphatic rings. The predicted octanol–water partition coefficient (Wildman–Crippen LogP) is 21.9. The average molecular weight is 1990 g/mol. The van der Waals surface area contributed by atoms with Gasteiger partial charge in [-0.1, -0.05) is 159 Å². The van der Waals surface area contributed by atoms with Crippen molar-refractivity contribution in [2.45, 2.75) is 301 Å². The summed E-state index contributed by atoms with van der Waals surface area (Å²) in [5.74, 6) is 4.39. The molecule has 3 amide bonds. The zero-order chi connectivity index (χ0) is 102. The third kappa shape index (κ3) is 32.3. The van der Waals surface area contributed by atoms with Crippen molar-refractivity contribution in [3.63, 3.8) is 0 Å². The molecule has 1 aliphatic carbocycles. The van der Waals surface area contributed by atoms with Crippen LogP contribution in [0.5, 0.6) is 0 Å². The van der Waals surface area contributed by atoms with Gasteiger partial charge in [-0.25, -0.2) is 34.8 Å². The van der Waals surface area contributed by atoms with E-state index in [4.69, 9.17) is 0 Å². The molecule has 7 aromatic rings. The standard InChI is InChI=1S/C21H34N2O2S.C20H31N3O.C20H29N3.C18H29N3O.C17H29N3O2S.C17H28N2O2S/c1-4-17-11-13-23(14-12-17)20-10-9-18(16(2)3)15-21(20)26(24,25)22-19-7-5-6-8-19;1-15(2)16-7-8-18(19(14-16)23-11-5-6-20(23)24)22-12-9-17(10-13-22)21(3)4;1-16(2)17-7-8-19(20(15-17)22-11-5-6-12-22)23-13-9-18(10-14-23)21(3)4;1-5-14-8-10-21(11-9-14)17-7-6-15(13(2)3)12-16(17)20-18(22)19-4;1-13(2)14-6-7-17(16(12-14)18-23(5,21)22)20-10-8-15(9-11-20)19(3)4;1-13(2)14-6-7-16(17(12-14)22(5,20)21)19-10-8-15(9-11-19)18(3)4/h9-10,15-17,19,22H,4-8,11-14H2,1-3H3;7-8,14-15,17H,5-6,9-13H2,1-4H3;5-8,11-12,15-16,18H,9-10,13-14H2,1-4H3;6-7,12-14H,5,8-11H2,1-4H3,(H2,19,20,22);6-7,12-13,15,18H,8-11H2,1-5H3;6-7,12-13,15H,8-11H2,1-5H3. The number of sulfone groups is 1. The maximum Gasteiger partial charge on any atom is 0.319 e. The highest BCUT2D eigenvalue weighted by molar-refractivity contribution is 7.92. The SMILES string of the molecule is CC(C)c1ccc(N2CCC(N(C)C)CC2)c(-n2cccc2)c1.CC(C)c1ccc(N2CCC(N(C)C)CC2)c(N2CCCC2=O)c1.CC(C)c1ccc(N2CCC(N(C)C)CC2)c(NS(C)(=O)=O)c1.CC(C)c1ccc(N2CCC(N(C)C)CC2)c(S(C)(=O)=O)c1.CCC1CCN(c2ccc(C(C)C)cc2NC(=O)NC)CC1.CCC1CCN(c2ccc(C(C)C)cc2S(=O)(=O)NC2CCCC2)CC1. The summed E-state index contributed by atoms with van der Waals surface area (Å²) in [5, 5.41) is 5.63. The van der Waals surface area contributed by atoms with Gasteiger partial charge in [-0.2, -0.15) is 0 Å². The van der Waals surface area contributed by atoms with Crippen molar-refractivity contribution in [2.24, 2.45) is 11.8 Å². The first-order valence-corrected chi connectivity index (χ1v) is 58.2. The monoisotopic (exact) mass is 1990 g/mol. The summed E-state index contributed by atoms with van der Waals surface area (Å²) in [6, 6.07) is 45.0. The van der Waals surface area contributed by atoms with Crippen LogP contribution in [0, 0.1) is 11.8 Å². The molecule has 0 atom stereocenters. The number of urea groups is 1. The van der Waals surface area contributed by atoms with Gasteiger partial charge in [0.1, 0.15) is 4.90 Å². The van der Waals surface area contributed by atoms with Gasteiger partial charge in [-0.15, -0.1) is 0 Å². The molecule has 8 fully saturated rings. The Labute approximate surface area is 847 Å². The van der Waals surface area contributed by atoms with Crippen molar-refractivity contribution in [2.75, 3.05) is 205 Å². The van der Waals surface area contributed by atoms with E-state index in [1.807, 2.05) is 35.2 Å². The summed E-state index contributed by atoms with van der Waals surface area (Å²) in [4.78, 5) is 50.5. The van der Waals surface area contributed by atoms with Crippen LogP contribution in [-0.2, 0) is 34.7 Å². The number of hydrogen-bond donors (Lipinski definition) is 4. The van der Waals surface area contributed by atoms with Gasteiger partial charge in [0.2, 0.25) is 26.0 Å². The first-order valence-electron chi connectivity index (χ1n) is 53.0. The van der Waals surface area contributed by atoms with E-state index in [-0.39, 0.29) is 18.0 Å². The van der Waals surface area contributed by atoms with E-state index >= 15 is 0 Å². The van der Waals surface area contributed by atoms with E-state index in [0.717, 1.165) is 224 Å². The summed E-state index contributed by atoms with van der Waals surface area (Å²) in [6.45, 7) is 43.5. The van der Waals surface area contributed by atoms with Gasteiger partial charge in [-0.3, -0.25) is 9.52 Å². The van der Waals surface area contributed by atoms with Crippen molar-refractivity contribution < 1.29 is 34.8 Å². The van der Waals surface area contributed by atoms with Crippen molar-refractivity contribution in [3.05, 3.63) is 167 Å². The highest BCUT2D eigenvalue weighted by Gasteiger charge is 2.35. The van der Waals surface area contributed by atoms with Gasteiger partial charge in [-0.05, 0) is 318 Å². The lowest BCUT2D eigenvalue weighted by Crippen LogP contribution is -2.42. The Kier molecular flexibility index (Phi) is 42.9. The number of carbonyl (C=O) groups is 2. The lowest BCUT2D eigenvalue weighted by molar-refractivity contribution is -0.117. The molecular weight excluding hydrogens is 1810 g/mol. The normalized spacial score (nSPS) is 17.9. The fraction of sp³-hybridized carbons (Fsp3) is 0.628. The number of amides is 3. The van der Waals surface area contributed by atoms with Crippen LogP contribution in [0.2, 0.25) is 0 Å². The van der Waals surface area contributed by atoms with Crippen molar-refractivity contribution in [3.8, 4) is 5.69 Å². The molecule has 140 heavy (non-hydrogen) atoms. The van der Waals surface area contributed by atoms with Gasteiger partial charge in [0.25, 0.3) is 0 Å². The fourth-order valence-electron chi connectivity index (χ4n) is 20.9. The van der Waals surface area contributed by atoms with Crippen LogP contribution in [0.25, 0.3) is 5.69 Å². The van der Waals surface area contributed by atoms with E-state index < -0.39 is 29.9 Å². The van der Waals surface area contributed by atoms with E-state index in [9.17, 15) is 34.8 Å². The maximum atomic E-state index is 13.2. The number of benzene rings is 6. The third-order valence-electron chi connectivity index (χ3n) is 30.6. The summed E-state index contributed by atoms with van der Waals surface area (Å²) in [5.41, 5.74) is 17.8. The molecule has 15 rings (SSSR count). The largest absolute Gasteiger partial charge is 0.370 e. The highest BCUT2D eigenvalue weighted by Crippen LogP contribution is 2.42. The van der Waals surface area contributed by atoms with Gasteiger partial charge in [0.15, 0.2) is 9.84 Å². The Bertz CT molecular complexity index is 5380. The van der Waals surface area contributed by atoms with Crippen LogP contribution in [0.3, 0.4) is 0 Å². The molecule has 0 bridgehead atoms. The molecule has 0 radical (unpaired) electrons. The topological polar surface area (TPSA) is 225 Å². The zero-order valence-electron chi connectivity index (χ0n) is 90.4. The smallest absolute Gasteiger partial charge is 0.319 e. The molecular formula is C113H180N16O8S3. The second kappa shape index (κ2) is 52.9. The minimum absolute atomic E-state index is 0.0985. The zero-order valence-corrected chi connectivity index (χ0v) is 92.8. The quantitative estimate of drug-likeness (QED) is 0.0375. The molecule has 7 saturated heterocycles. The molecule has 24 nitrogen and oxygen atoms in total. The number of nitrogens with one attached hydrogen (secondary N) is 4. The van der Waals surface area contributed by atoms with Crippen LogP contribution in [-0.4, -0.2) is 253 Å². The fourth-order valence-corrected chi connectivity index (χ4v) is 24.0. The van der Waals surface area contributed by atoms with E-state index in [0.29, 0.717) is 75.5 Å². The summed E-state index contributed by atoms with van der Waals surface area (Å²) in [6.07, 6.45) is 29.1. The van der Waals surface area contributed by atoms with Gasteiger partial charge in [0.05, 0.1) is 68.0 Å². The second-order valence-corrected chi connectivity index (χ2v) is 48.9. The maximum absolute atomic E-state index is 13.2.